The maximum Gasteiger partial charge on any atom is 0.0815 e. The second-order valence-corrected chi connectivity index (χ2v) is 10.5. The maximum absolute atomic E-state index is 10.5. The van der Waals surface area contributed by atoms with Crippen LogP contribution in [0.15, 0.2) is 11.6 Å². The van der Waals surface area contributed by atoms with E-state index in [1.807, 2.05) is 0 Å². The van der Waals surface area contributed by atoms with Crippen LogP contribution in [0.5, 0.6) is 0 Å². The molecule has 2 heteroatoms. The van der Waals surface area contributed by atoms with E-state index in [4.69, 9.17) is 4.74 Å². The molecule has 1 aliphatic rings. The molecule has 2 nitrogen and oxygen atoms in total. The highest BCUT2D eigenvalue weighted by Gasteiger charge is 2.34. The molecule has 0 saturated heterocycles. The number of aliphatic hydroxyl groups is 1. The third-order valence-corrected chi connectivity index (χ3v) is 7.49. The molecule has 1 aliphatic carbocycles. The van der Waals surface area contributed by atoms with Crippen LogP contribution < -0.4 is 0 Å². The summed E-state index contributed by atoms with van der Waals surface area (Å²) in [6, 6.07) is 0. The summed E-state index contributed by atoms with van der Waals surface area (Å²) in [6.07, 6.45) is 18.9. The Labute approximate surface area is 196 Å². The summed E-state index contributed by atoms with van der Waals surface area (Å²) in [5.41, 5.74) is 1.37. The molecule has 0 aromatic rings. The van der Waals surface area contributed by atoms with E-state index in [9.17, 15) is 5.11 Å². The lowest BCUT2D eigenvalue weighted by molar-refractivity contribution is -0.0127. The van der Waals surface area contributed by atoms with Crippen molar-refractivity contribution in [1.29, 1.82) is 0 Å². The number of unbranched alkanes of at least 4 members (excludes halogenated alkanes) is 5. The summed E-state index contributed by atoms with van der Waals surface area (Å²) in [7, 11) is 0. The minimum Gasteiger partial charge on any atom is -0.389 e. The molecule has 1 rings (SSSR count). The fourth-order valence-corrected chi connectivity index (χ4v) is 4.98. The first kappa shape index (κ1) is 30.7. The molecule has 1 N–H and O–H groups in total. The lowest BCUT2D eigenvalue weighted by Gasteiger charge is -2.38. The van der Waals surface area contributed by atoms with Crippen LogP contribution in [0.4, 0.5) is 0 Å². The van der Waals surface area contributed by atoms with Gasteiger partial charge in [-0.3, -0.25) is 0 Å². The van der Waals surface area contributed by atoms with Crippen molar-refractivity contribution in [3.63, 3.8) is 0 Å². The quantitative estimate of drug-likeness (QED) is 0.181. The summed E-state index contributed by atoms with van der Waals surface area (Å²) in [6.45, 7) is 14.7. The Balaban J connectivity index is 0.00000900. The summed E-state index contributed by atoms with van der Waals surface area (Å²) in [4.78, 5) is 0. The van der Waals surface area contributed by atoms with E-state index in [1.54, 1.807) is 0 Å². The van der Waals surface area contributed by atoms with Gasteiger partial charge in [-0.15, -0.1) is 0 Å². The van der Waals surface area contributed by atoms with Gasteiger partial charge in [0, 0.05) is 6.61 Å². The molecule has 186 valence electrons. The van der Waals surface area contributed by atoms with Crippen molar-refractivity contribution >= 4 is 0 Å². The van der Waals surface area contributed by atoms with Gasteiger partial charge < -0.3 is 9.84 Å². The SMILES string of the molecule is C.CCCCCCCCOC1C(CCC(C)CCCC(C)CCC)=CC(O)C(C)C1C. The first-order valence-corrected chi connectivity index (χ1v) is 13.4. The van der Waals surface area contributed by atoms with Crippen LogP contribution in [0.1, 0.15) is 132 Å². The zero-order chi connectivity index (χ0) is 22.4. The monoisotopic (exact) mass is 438 g/mol. The summed E-state index contributed by atoms with van der Waals surface area (Å²) >= 11 is 0. The van der Waals surface area contributed by atoms with Crippen molar-refractivity contribution in [2.45, 2.75) is 145 Å². The van der Waals surface area contributed by atoms with Gasteiger partial charge in [-0.1, -0.05) is 119 Å². The largest absolute Gasteiger partial charge is 0.389 e. The Morgan fingerprint density at radius 3 is 2.06 bits per heavy atom. The molecule has 0 amide bonds. The second kappa shape index (κ2) is 18.1. The molecule has 0 saturated carbocycles. The minimum absolute atomic E-state index is 0. The molecule has 0 spiro atoms. The second-order valence-electron chi connectivity index (χ2n) is 10.5. The molecule has 0 aliphatic heterocycles. The smallest absolute Gasteiger partial charge is 0.0815 e. The molecule has 0 aromatic carbocycles. The molecular formula is C29H58O2. The molecule has 6 atom stereocenters. The lowest BCUT2D eigenvalue weighted by Crippen LogP contribution is -2.39. The number of rotatable bonds is 17. The molecular weight excluding hydrogens is 380 g/mol. The lowest BCUT2D eigenvalue weighted by atomic mass is 9.76. The minimum atomic E-state index is -0.311. The Hall–Kier alpha value is -0.340. The van der Waals surface area contributed by atoms with Gasteiger partial charge >= 0.3 is 0 Å². The summed E-state index contributed by atoms with van der Waals surface area (Å²) in [5, 5.41) is 10.5. The molecule has 0 fully saturated rings. The molecule has 6 unspecified atom stereocenters. The highest BCUT2D eigenvalue weighted by molar-refractivity contribution is 5.18. The van der Waals surface area contributed by atoms with Crippen molar-refractivity contribution in [1.82, 2.24) is 0 Å². The zero-order valence-corrected chi connectivity index (χ0v) is 21.3. The van der Waals surface area contributed by atoms with Crippen LogP contribution in [0, 0.1) is 23.7 Å². The highest BCUT2D eigenvalue weighted by Crippen LogP contribution is 2.35. The van der Waals surface area contributed by atoms with Gasteiger partial charge in [0.2, 0.25) is 0 Å². The molecule has 0 bridgehead atoms. The van der Waals surface area contributed by atoms with Crippen LogP contribution in [-0.2, 0) is 4.74 Å². The molecule has 0 radical (unpaired) electrons. The number of hydrogen-bond donors (Lipinski definition) is 1. The fraction of sp³-hybridized carbons (Fsp3) is 0.931. The molecule has 0 aromatic heterocycles. The van der Waals surface area contributed by atoms with Crippen molar-refractivity contribution < 1.29 is 9.84 Å². The van der Waals surface area contributed by atoms with E-state index in [1.165, 1.54) is 82.6 Å². The number of hydrogen-bond acceptors (Lipinski definition) is 2. The van der Waals surface area contributed by atoms with Crippen LogP contribution >= 0.6 is 0 Å². The summed E-state index contributed by atoms with van der Waals surface area (Å²) < 4.78 is 6.43. The van der Waals surface area contributed by atoms with E-state index in [-0.39, 0.29) is 25.6 Å². The Kier molecular flexibility index (Phi) is 17.9. The average molecular weight is 439 g/mol. The fourth-order valence-electron chi connectivity index (χ4n) is 4.98. The number of ether oxygens (including phenoxy) is 1. The topological polar surface area (TPSA) is 29.5 Å². The predicted octanol–water partition coefficient (Wildman–Crippen LogP) is 8.96. The van der Waals surface area contributed by atoms with Crippen LogP contribution in [-0.4, -0.2) is 23.9 Å². The van der Waals surface area contributed by atoms with E-state index in [0.717, 1.165) is 24.9 Å². The van der Waals surface area contributed by atoms with Crippen LogP contribution in [0.3, 0.4) is 0 Å². The van der Waals surface area contributed by atoms with Gasteiger partial charge in [-0.2, -0.15) is 0 Å². The predicted molar refractivity (Wildman–Crippen MR) is 139 cm³/mol. The van der Waals surface area contributed by atoms with Crippen molar-refractivity contribution in [2.75, 3.05) is 6.61 Å². The van der Waals surface area contributed by atoms with Gasteiger partial charge in [-0.05, 0) is 48.5 Å². The normalized spacial score (nSPS) is 25.6. The van der Waals surface area contributed by atoms with Crippen molar-refractivity contribution in [2.24, 2.45) is 23.7 Å². The third kappa shape index (κ3) is 12.5. The van der Waals surface area contributed by atoms with Crippen molar-refractivity contribution in [3.05, 3.63) is 11.6 Å². The maximum atomic E-state index is 10.5. The molecule has 31 heavy (non-hydrogen) atoms. The number of aliphatic hydroxyl groups excluding tert-OH is 1. The van der Waals surface area contributed by atoms with Crippen LogP contribution in [0.2, 0.25) is 0 Å². The van der Waals surface area contributed by atoms with E-state index >= 15 is 0 Å². The first-order chi connectivity index (χ1) is 14.4. The first-order valence-electron chi connectivity index (χ1n) is 13.4. The Morgan fingerprint density at radius 1 is 0.806 bits per heavy atom. The summed E-state index contributed by atoms with van der Waals surface area (Å²) in [5.74, 6) is 2.30. The molecule has 0 heterocycles. The van der Waals surface area contributed by atoms with Crippen LogP contribution in [0.25, 0.3) is 0 Å². The van der Waals surface area contributed by atoms with E-state index < -0.39 is 0 Å². The highest BCUT2D eigenvalue weighted by atomic mass is 16.5. The standard InChI is InChI=1S/C28H54O2.CH4/c1-7-9-10-11-12-13-20-30-28-25(6)24(5)27(29)21-26(28)19-18-23(4)17-14-16-22(3)15-8-2;/h21-25,27-29H,7-20H2,1-6H3;1H4. The Bertz CT molecular complexity index is 444. The Morgan fingerprint density at radius 2 is 1.42 bits per heavy atom. The van der Waals surface area contributed by atoms with Gasteiger partial charge in [0.15, 0.2) is 0 Å². The average Bonchev–Trinajstić information content (AvgIpc) is 2.71. The zero-order valence-electron chi connectivity index (χ0n) is 21.3. The van der Waals surface area contributed by atoms with Gasteiger partial charge in [0.25, 0.3) is 0 Å². The van der Waals surface area contributed by atoms with E-state index in [2.05, 4.69) is 47.6 Å². The van der Waals surface area contributed by atoms with Crippen molar-refractivity contribution in [3.8, 4) is 0 Å². The van der Waals surface area contributed by atoms with Gasteiger partial charge in [0.1, 0.15) is 0 Å². The van der Waals surface area contributed by atoms with Gasteiger partial charge in [0.05, 0.1) is 12.2 Å². The third-order valence-electron chi connectivity index (χ3n) is 7.49. The van der Waals surface area contributed by atoms with Gasteiger partial charge in [-0.25, -0.2) is 0 Å². The van der Waals surface area contributed by atoms with E-state index in [0.29, 0.717) is 5.92 Å².